The molecule has 0 fully saturated rings. The number of carbonyl (C=O) groups is 1. The molecule has 1 aromatic heterocycles. The maximum atomic E-state index is 12.9. The molecule has 0 radical (unpaired) electrons. The molecule has 0 saturated heterocycles. The second-order valence-corrected chi connectivity index (χ2v) is 8.24. The SMILES string of the molecule is CCOc1ccc(-c2nc3c(s2)CN(C(=O)c2ccccc2Br)CC3)cc1. The number of carbonyl (C=O) groups excluding carboxylic acids is 1. The first-order chi connectivity index (χ1) is 13.2. The Bertz CT molecular complexity index is 969. The van der Waals surface area contributed by atoms with Crippen molar-refractivity contribution >= 4 is 33.2 Å². The van der Waals surface area contributed by atoms with Gasteiger partial charge in [-0.25, -0.2) is 4.98 Å². The van der Waals surface area contributed by atoms with Crippen LogP contribution in [0.3, 0.4) is 0 Å². The Kier molecular flexibility index (Phi) is 5.27. The number of ether oxygens (including phenoxy) is 1. The number of halogens is 1. The summed E-state index contributed by atoms with van der Waals surface area (Å²) >= 11 is 5.15. The van der Waals surface area contributed by atoms with Crippen molar-refractivity contribution in [3.63, 3.8) is 0 Å². The third-order valence-electron chi connectivity index (χ3n) is 4.53. The third kappa shape index (κ3) is 3.77. The van der Waals surface area contributed by atoms with Gasteiger partial charge in [-0.05, 0) is 59.3 Å². The lowest BCUT2D eigenvalue weighted by Crippen LogP contribution is -2.35. The van der Waals surface area contributed by atoms with E-state index in [0.717, 1.165) is 32.9 Å². The number of nitrogens with zero attached hydrogens (tertiary/aromatic N) is 2. The summed E-state index contributed by atoms with van der Waals surface area (Å²) in [7, 11) is 0. The van der Waals surface area contributed by atoms with Crippen molar-refractivity contribution in [1.82, 2.24) is 9.88 Å². The van der Waals surface area contributed by atoms with Crippen LogP contribution in [-0.4, -0.2) is 28.9 Å². The number of hydrogen-bond acceptors (Lipinski definition) is 4. The molecule has 0 saturated carbocycles. The number of amides is 1. The smallest absolute Gasteiger partial charge is 0.255 e. The van der Waals surface area contributed by atoms with E-state index in [4.69, 9.17) is 9.72 Å². The van der Waals surface area contributed by atoms with E-state index in [0.29, 0.717) is 25.3 Å². The number of fused-ring (bicyclic) bond motifs is 1. The normalized spacial score (nSPS) is 13.3. The molecule has 0 aliphatic carbocycles. The average molecular weight is 443 g/mol. The predicted molar refractivity (Wildman–Crippen MR) is 111 cm³/mol. The second-order valence-electron chi connectivity index (χ2n) is 6.30. The van der Waals surface area contributed by atoms with Gasteiger partial charge in [-0.2, -0.15) is 0 Å². The van der Waals surface area contributed by atoms with Crippen LogP contribution < -0.4 is 4.74 Å². The molecule has 4 nitrogen and oxygen atoms in total. The van der Waals surface area contributed by atoms with Gasteiger partial charge in [-0.3, -0.25) is 4.79 Å². The van der Waals surface area contributed by atoms with Crippen molar-refractivity contribution in [2.45, 2.75) is 19.9 Å². The summed E-state index contributed by atoms with van der Waals surface area (Å²) in [5, 5.41) is 0.998. The van der Waals surface area contributed by atoms with E-state index >= 15 is 0 Å². The highest BCUT2D eigenvalue weighted by molar-refractivity contribution is 9.10. The fourth-order valence-electron chi connectivity index (χ4n) is 3.16. The molecule has 1 aliphatic heterocycles. The number of hydrogen-bond donors (Lipinski definition) is 0. The molecule has 0 N–H and O–H groups in total. The summed E-state index contributed by atoms with van der Waals surface area (Å²) < 4.78 is 6.34. The van der Waals surface area contributed by atoms with Crippen molar-refractivity contribution in [3.05, 3.63) is 69.1 Å². The van der Waals surface area contributed by atoms with E-state index < -0.39 is 0 Å². The van der Waals surface area contributed by atoms with E-state index in [2.05, 4.69) is 15.9 Å². The Morgan fingerprint density at radius 1 is 1.22 bits per heavy atom. The highest BCUT2D eigenvalue weighted by atomic mass is 79.9. The molecule has 0 bridgehead atoms. The zero-order chi connectivity index (χ0) is 18.8. The fraction of sp³-hybridized carbons (Fsp3) is 0.238. The quantitative estimate of drug-likeness (QED) is 0.559. The van der Waals surface area contributed by atoms with Crippen LogP contribution in [0.2, 0.25) is 0 Å². The Labute approximate surface area is 170 Å². The first-order valence-corrected chi connectivity index (χ1v) is 10.5. The topological polar surface area (TPSA) is 42.4 Å². The molecule has 0 spiro atoms. The van der Waals surface area contributed by atoms with Crippen molar-refractivity contribution in [1.29, 1.82) is 0 Å². The van der Waals surface area contributed by atoms with Crippen LogP contribution in [0.25, 0.3) is 10.6 Å². The molecule has 27 heavy (non-hydrogen) atoms. The van der Waals surface area contributed by atoms with Gasteiger partial charge >= 0.3 is 0 Å². The number of aromatic nitrogens is 1. The van der Waals surface area contributed by atoms with Gasteiger partial charge in [0.15, 0.2) is 0 Å². The Morgan fingerprint density at radius 3 is 2.74 bits per heavy atom. The van der Waals surface area contributed by atoms with Gasteiger partial charge in [-0.15, -0.1) is 11.3 Å². The summed E-state index contributed by atoms with van der Waals surface area (Å²) in [6.45, 7) is 3.94. The van der Waals surface area contributed by atoms with Crippen LogP contribution in [0, 0.1) is 0 Å². The largest absolute Gasteiger partial charge is 0.494 e. The minimum atomic E-state index is 0.0594. The van der Waals surface area contributed by atoms with Crippen LogP contribution in [0.4, 0.5) is 0 Å². The van der Waals surface area contributed by atoms with Crippen LogP contribution in [-0.2, 0) is 13.0 Å². The molecule has 1 amide bonds. The molecular weight excluding hydrogens is 424 g/mol. The summed E-state index contributed by atoms with van der Waals surface area (Å²) in [5.41, 5.74) is 2.90. The summed E-state index contributed by atoms with van der Waals surface area (Å²) in [6.07, 6.45) is 0.791. The van der Waals surface area contributed by atoms with Gasteiger partial charge < -0.3 is 9.64 Å². The monoisotopic (exact) mass is 442 g/mol. The van der Waals surface area contributed by atoms with E-state index in [1.807, 2.05) is 60.4 Å². The van der Waals surface area contributed by atoms with Crippen molar-refractivity contribution in [3.8, 4) is 16.3 Å². The highest BCUT2D eigenvalue weighted by Gasteiger charge is 2.26. The number of rotatable bonds is 4. The van der Waals surface area contributed by atoms with Crippen LogP contribution in [0.5, 0.6) is 5.75 Å². The predicted octanol–water partition coefficient (Wildman–Crippen LogP) is 5.17. The van der Waals surface area contributed by atoms with Crippen molar-refractivity contribution < 1.29 is 9.53 Å². The van der Waals surface area contributed by atoms with Crippen molar-refractivity contribution in [2.24, 2.45) is 0 Å². The lowest BCUT2D eigenvalue weighted by Gasteiger charge is -2.26. The van der Waals surface area contributed by atoms with Gasteiger partial charge in [0, 0.05) is 27.9 Å². The van der Waals surface area contributed by atoms with Crippen LogP contribution in [0.1, 0.15) is 27.9 Å². The minimum Gasteiger partial charge on any atom is -0.494 e. The minimum absolute atomic E-state index is 0.0594. The van der Waals surface area contributed by atoms with E-state index in [1.54, 1.807) is 11.3 Å². The standard InChI is InChI=1S/C21H19BrN2O2S/c1-2-26-15-9-7-14(8-10-15)20-23-18-11-12-24(13-19(18)27-20)21(25)16-5-3-4-6-17(16)22/h3-10H,2,11-13H2,1H3. The number of benzene rings is 2. The molecule has 0 atom stereocenters. The molecule has 2 aromatic carbocycles. The lowest BCUT2D eigenvalue weighted by atomic mass is 10.1. The Hall–Kier alpha value is -2.18. The molecule has 6 heteroatoms. The summed E-state index contributed by atoms with van der Waals surface area (Å²) in [5.74, 6) is 0.928. The second kappa shape index (κ2) is 7.82. The fourth-order valence-corrected chi connectivity index (χ4v) is 4.74. The maximum absolute atomic E-state index is 12.9. The third-order valence-corrected chi connectivity index (χ3v) is 6.36. The highest BCUT2D eigenvalue weighted by Crippen LogP contribution is 2.33. The zero-order valence-electron chi connectivity index (χ0n) is 14.9. The first kappa shape index (κ1) is 18.2. The zero-order valence-corrected chi connectivity index (χ0v) is 17.3. The Morgan fingerprint density at radius 2 is 2.00 bits per heavy atom. The van der Waals surface area contributed by atoms with Gasteiger partial charge in [0.05, 0.1) is 24.4 Å². The number of thiazole rings is 1. The van der Waals surface area contributed by atoms with E-state index in [1.165, 1.54) is 4.88 Å². The molecule has 4 rings (SSSR count). The summed E-state index contributed by atoms with van der Waals surface area (Å²) in [6, 6.07) is 15.6. The lowest BCUT2D eigenvalue weighted by molar-refractivity contribution is 0.0735. The molecule has 1 aliphatic rings. The van der Waals surface area contributed by atoms with Crippen LogP contribution in [0.15, 0.2) is 53.0 Å². The van der Waals surface area contributed by atoms with Gasteiger partial charge in [0.25, 0.3) is 5.91 Å². The molecule has 0 unspecified atom stereocenters. The molecule has 138 valence electrons. The summed E-state index contributed by atoms with van der Waals surface area (Å²) in [4.78, 5) is 20.8. The molecule has 3 aromatic rings. The Balaban J connectivity index is 1.54. The van der Waals surface area contributed by atoms with E-state index in [9.17, 15) is 4.79 Å². The van der Waals surface area contributed by atoms with Crippen LogP contribution >= 0.6 is 27.3 Å². The first-order valence-electron chi connectivity index (χ1n) is 8.91. The van der Waals surface area contributed by atoms with Gasteiger partial charge in [0.2, 0.25) is 0 Å². The average Bonchev–Trinajstić information content (AvgIpc) is 3.12. The van der Waals surface area contributed by atoms with Crippen molar-refractivity contribution in [2.75, 3.05) is 13.2 Å². The maximum Gasteiger partial charge on any atom is 0.255 e. The van der Waals surface area contributed by atoms with E-state index in [-0.39, 0.29) is 5.91 Å². The van der Waals surface area contributed by atoms with Gasteiger partial charge in [0.1, 0.15) is 10.8 Å². The molecular formula is C21H19BrN2O2S. The molecule has 2 heterocycles. The van der Waals surface area contributed by atoms with Gasteiger partial charge in [-0.1, -0.05) is 12.1 Å².